The summed E-state index contributed by atoms with van der Waals surface area (Å²) in [6, 6.07) is 13.8. The molecule has 4 unspecified atom stereocenters. The SMILES string of the molecule is CCCN(C(=O)C(NC(=O)C(C)NC)C(C)(C)C)C1CN(C(=O)NCc2ccccc2)CC1OCc1ccc(F)cc1. The van der Waals surface area contributed by atoms with Crippen molar-refractivity contribution in [3.8, 4) is 0 Å². The zero-order chi connectivity index (χ0) is 30.9. The minimum Gasteiger partial charge on any atom is -0.369 e. The maximum atomic E-state index is 14.2. The normalized spacial score (nSPS) is 18.3. The molecule has 0 spiro atoms. The fourth-order valence-electron chi connectivity index (χ4n) is 4.95. The highest BCUT2D eigenvalue weighted by Gasteiger charge is 2.45. The Morgan fingerprint density at radius 2 is 1.71 bits per heavy atom. The molecule has 0 saturated carbocycles. The molecule has 1 saturated heterocycles. The van der Waals surface area contributed by atoms with E-state index in [9.17, 15) is 18.8 Å². The topological polar surface area (TPSA) is 103 Å². The second-order valence-corrected chi connectivity index (χ2v) is 11.9. The van der Waals surface area contributed by atoms with Gasteiger partial charge in [-0.3, -0.25) is 9.59 Å². The monoisotopic (exact) mass is 583 g/mol. The molecule has 10 heteroatoms. The van der Waals surface area contributed by atoms with Crippen molar-refractivity contribution in [3.63, 3.8) is 0 Å². The van der Waals surface area contributed by atoms with Crippen LogP contribution < -0.4 is 16.0 Å². The lowest BCUT2D eigenvalue weighted by molar-refractivity contribution is -0.144. The molecule has 2 aromatic carbocycles. The lowest BCUT2D eigenvalue weighted by Gasteiger charge is -2.39. The summed E-state index contributed by atoms with van der Waals surface area (Å²) in [5.41, 5.74) is 1.20. The Hall–Kier alpha value is -3.50. The minimum absolute atomic E-state index is 0.203. The van der Waals surface area contributed by atoms with Crippen LogP contribution >= 0.6 is 0 Å². The molecule has 230 valence electrons. The van der Waals surface area contributed by atoms with Gasteiger partial charge in [0.2, 0.25) is 11.8 Å². The number of halogens is 1. The Labute approximate surface area is 249 Å². The molecular weight excluding hydrogens is 537 g/mol. The largest absolute Gasteiger partial charge is 0.369 e. The maximum Gasteiger partial charge on any atom is 0.317 e. The molecule has 0 bridgehead atoms. The first-order chi connectivity index (χ1) is 19.9. The van der Waals surface area contributed by atoms with Crippen molar-refractivity contribution in [2.24, 2.45) is 5.41 Å². The zero-order valence-electron chi connectivity index (χ0n) is 25.7. The van der Waals surface area contributed by atoms with Gasteiger partial charge in [-0.05, 0) is 49.1 Å². The molecule has 1 fully saturated rings. The third-order valence-electron chi connectivity index (χ3n) is 7.56. The Balaban J connectivity index is 1.85. The summed E-state index contributed by atoms with van der Waals surface area (Å²) >= 11 is 0. The average Bonchev–Trinajstić information content (AvgIpc) is 3.40. The van der Waals surface area contributed by atoms with Gasteiger partial charge in [-0.15, -0.1) is 0 Å². The van der Waals surface area contributed by atoms with Crippen molar-refractivity contribution in [2.75, 3.05) is 26.7 Å². The van der Waals surface area contributed by atoms with Gasteiger partial charge in [0.15, 0.2) is 0 Å². The molecule has 42 heavy (non-hydrogen) atoms. The summed E-state index contributed by atoms with van der Waals surface area (Å²) in [4.78, 5) is 43.8. The highest BCUT2D eigenvalue weighted by atomic mass is 19.1. The molecule has 0 aromatic heterocycles. The van der Waals surface area contributed by atoms with Crippen LogP contribution in [0.1, 0.15) is 52.2 Å². The van der Waals surface area contributed by atoms with Crippen LogP contribution in [0, 0.1) is 11.2 Å². The molecule has 1 aliphatic rings. The van der Waals surface area contributed by atoms with E-state index in [-0.39, 0.29) is 43.4 Å². The van der Waals surface area contributed by atoms with Gasteiger partial charge in [-0.1, -0.05) is 70.2 Å². The second kappa shape index (κ2) is 15.1. The van der Waals surface area contributed by atoms with E-state index < -0.39 is 29.6 Å². The van der Waals surface area contributed by atoms with Gasteiger partial charge in [0, 0.05) is 19.6 Å². The van der Waals surface area contributed by atoms with Crippen LogP contribution in [-0.2, 0) is 27.5 Å². The first-order valence-electron chi connectivity index (χ1n) is 14.7. The van der Waals surface area contributed by atoms with Crippen molar-refractivity contribution in [3.05, 3.63) is 71.5 Å². The molecule has 1 heterocycles. The molecule has 0 aliphatic carbocycles. The summed E-state index contributed by atoms with van der Waals surface area (Å²) in [5, 5.41) is 8.86. The van der Waals surface area contributed by atoms with Crippen molar-refractivity contribution >= 4 is 17.8 Å². The summed E-state index contributed by atoms with van der Waals surface area (Å²) in [6.07, 6.45) is 0.200. The zero-order valence-corrected chi connectivity index (χ0v) is 25.7. The van der Waals surface area contributed by atoms with Gasteiger partial charge in [0.1, 0.15) is 11.9 Å². The number of urea groups is 1. The van der Waals surface area contributed by atoms with E-state index in [4.69, 9.17) is 4.74 Å². The van der Waals surface area contributed by atoms with Crippen LogP contribution in [0.2, 0.25) is 0 Å². The third kappa shape index (κ3) is 9.00. The lowest BCUT2D eigenvalue weighted by atomic mass is 9.85. The van der Waals surface area contributed by atoms with Gasteiger partial charge in [0.05, 0.1) is 31.3 Å². The quantitative estimate of drug-likeness (QED) is 0.354. The van der Waals surface area contributed by atoms with Crippen LogP contribution in [0.15, 0.2) is 54.6 Å². The predicted octanol–water partition coefficient (Wildman–Crippen LogP) is 3.68. The standard InChI is InChI=1S/C32H46FN5O4/c1-7-17-38(30(40)28(32(3,4)5)36-29(39)22(2)34-6)26-19-37(31(41)35-18-23-11-9-8-10-12-23)20-27(26)42-21-24-13-15-25(33)16-14-24/h8-16,22,26-28,34H,7,17-21H2,1-6H3,(H,35,41)(H,36,39). The number of likely N-dealkylation sites (tertiary alicyclic amines) is 1. The van der Waals surface area contributed by atoms with Crippen molar-refractivity contribution < 1.29 is 23.5 Å². The Morgan fingerprint density at radius 1 is 1.05 bits per heavy atom. The summed E-state index contributed by atoms with van der Waals surface area (Å²) in [7, 11) is 1.70. The Bertz CT molecular complexity index is 1170. The number of hydrogen-bond donors (Lipinski definition) is 3. The molecule has 3 N–H and O–H groups in total. The van der Waals surface area contributed by atoms with Gasteiger partial charge in [-0.25, -0.2) is 9.18 Å². The van der Waals surface area contributed by atoms with E-state index in [0.29, 0.717) is 19.5 Å². The fraction of sp³-hybridized carbons (Fsp3) is 0.531. The van der Waals surface area contributed by atoms with Crippen LogP contribution in [0.25, 0.3) is 0 Å². The van der Waals surface area contributed by atoms with Crippen molar-refractivity contribution in [1.29, 1.82) is 0 Å². The molecular formula is C32H46FN5O4. The third-order valence-corrected chi connectivity index (χ3v) is 7.56. The number of nitrogens with one attached hydrogen (secondary N) is 3. The second-order valence-electron chi connectivity index (χ2n) is 11.9. The molecule has 3 rings (SSSR count). The first kappa shape index (κ1) is 33.0. The van der Waals surface area contributed by atoms with E-state index in [1.54, 1.807) is 35.9 Å². The summed E-state index contributed by atoms with van der Waals surface area (Å²) in [5.74, 6) is -0.811. The van der Waals surface area contributed by atoms with Crippen LogP contribution in [0.4, 0.5) is 9.18 Å². The lowest BCUT2D eigenvalue weighted by Crippen LogP contribution is -2.60. The average molecular weight is 584 g/mol. The molecule has 0 radical (unpaired) electrons. The highest BCUT2D eigenvalue weighted by molar-refractivity contribution is 5.90. The smallest absolute Gasteiger partial charge is 0.317 e. The van der Waals surface area contributed by atoms with Gasteiger partial charge in [0.25, 0.3) is 0 Å². The number of carbonyl (C=O) groups excluding carboxylic acids is 3. The van der Waals surface area contributed by atoms with Crippen LogP contribution in [0.3, 0.4) is 0 Å². The fourth-order valence-corrected chi connectivity index (χ4v) is 4.95. The number of nitrogens with zero attached hydrogens (tertiary/aromatic N) is 2. The van der Waals surface area contributed by atoms with Gasteiger partial charge < -0.3 is 30.5 Å². The number of amides is 4. The number of hydrogen-bond acceptors (Lipinski definition) is 5. The number of carbonyl (C=O) groups is 3. The molecule has 9 nitrogen and oxygen atoms in total. The number of rotatable bonds is 12. The maximum absolute atomic E-state index is 14.2. The molecule has 4 amide bonds. The summed E-state index contributed by atoms with van der Waals surface area (Å²) < 4.78 is 19.8. The number of ether oxygens (including phenoxy) is 1. The van der Waals surface area contributed by atoms with E-state index >= 15 is 0 Å². The van der Waals surface area contributed by atoms with Crippen LogP contribution in [0.5, 0.6) is 0 Å². The predicted molar refractivity (Wildman–Crippen MR) is 161 cm³/mol. The van der Waals surface area contributed by atoms with Crippen LogP contribution in [-0.4, -0.2) is 78.6 Å². The van der Waals surface area contributed by atoms with Crippen molar-refractivity contribution in [2.45, 2.75) is 78.4 Å². The Morgan fingerprint density at radius 3 is 2.31 bits per heavy atom. The Kier molecular flexibility index (Phi) is 11.9. The number of likely N-dealkylation sites (N-methyl/N-ethyl adjacent to an activating group) is 1. The molecule has 4 atom stereocenters. The highest BCUT2D eigenvalue weighted by Crippen LogP contribution is 2.27. The van der Waals surface area contributed by atoms with E-state index in [1.165, 1.54) is 12.1 Å². The van der Waals surface area contributed by atoms with E-state index in [1.807, 2.05) is 58.0 Å². The van der Waals surface area contributed by atoms with Crippen molar-refractivity contribution in [1.82, 2.24) is 25.8 Å². The number of benzene rings is 2. The van der Waals surface area contributed by atoms with E-state index in [2.05, 4.69) is 16.0 Å². The van der Waals surface area contributed by atoms with Gasteiger partial charge in [-0.2, -0.15) is 0 Å². The summed E-state index contributed by atoms with van der Waals surface area (Å²) in [6.45, 7) is 11.1. The molecule has 2 aromatic rings. The minimum atomic E-state index is -0.786. The first-order valence-corrected chi connectivity index (χ1v) is 14.7. The van der Waals surface area contributed by atoms with Gasteiger partial charge >= 0.3 is 6.03 Å². The van der Waals surface area contributed by atoms with E-state index in [0.717, 1.165) is 11.1 Å². The molecule has 1 aliphatic heterocycles.